The summed E-state index contributed by atoms with van der Waals surface area (Å²) in [4.78, 5) is 21.1. The van der Waals surface area contributed by atoms with Crippen LogP contribution in [-0.2, 0) is 9.59 Å². The van der Waals surface area contributed by atoms with Crippen LogP contribution < -0.4 is 16.0 Å². The third kappa shape index (κ3) is 10.2. The van der Waals surface area contributed by atoms with Crippen LogP contribution in [0.3, 0.4) is 0 Å². The highest BCUT2D eigenvalue weighted by atomic mass is 16.3. The molecule has 0 aromatic carbocycles. The first kappa shape index (κ1) is 21.1. The molecule has 0 fully saturated rings. The van der Waals surface area contributed by atoms with Gasteiger partial charge in [-0.2, -0.15) is 0 Å². The molecule has 4 N–H and O–H groups in total. The summed E-state index contributed by atoms with van der Waals surface area (Å²) in [5.74, 6) is -0.135. The molecule has 21 heavy (non-hydrogen) atoms. The number of rotatable bonds is 3. The van der Waals surface area contributed by atoms with Crippen molar-refractivity contribution >= 4 is 11.8 Å². The lowest BCUT2D eigenvalue weighted by molar-refractivity contribution is -0.119. The Morgan fingerprint density at radius 1 is 1.38 bits per heavy atom. The molecule has 0 unspecified atom stereocenters. The van der Waals surface area contributed by atoms with Crippen LogP contribution >= 0.6 is 0 Å². The molecule has 2 amide bonds. The molecule has 0 spiro atoms. The summed E-state index contributed by atoms with van der Waals surface area (Å²) in [7, 11) is 1.53. The molecule has 120 valence electrons. The van der Waals surface area contributed by atoms with Gasteiger partial charge in [-0.3, -0.25) is 9.59 Å². The Balaban J connectivity index is 0. The largest absolute Gasteiger partial charge is 0.506 e. The number of nitrogens with one attached hydrogen (secondary N) is 3. The van der Waals surface area contributed by atoms with Crippen molar-refractivity contribution < 1.29 is 14.7 Å². The fourth-order valence-corrected chi connectivity index (χ4v) is 1.10. The lowest BCUT2D eigenvalue weighted by Gasteiger charge is -2.12. The van der Waals surface area contributed by atoms with E-state index < -0.39 is 0 Å². The highest BCUT2D eigenvalue weighted by molar-refractivity contribution is 5.93. The summed E-state index contributed by atoms with van der Waals surface area (Å²) in [5.41, 5.74) is 0.799. The van der Waals surface area contributed by atoms with E-state index in [4.69, 9.17) is 5.11 Å². The number of carbonyl (C=O) groups excluding carboxylic acids is 2. The van der Waals surface area contributed by atoms with Crippen molar-refractivity contribution in [3.05, 3.63) is 35.9 Å². The van der Waals surface area contributed by atoms with Crippen LogP contribution in [-0.4, -0.2) is 30.5 Å². The van der Waals surface area contributed by atoms with Crippen molar-refractivity contribution in [2.75, 3.05) is 13.6 Å². The van der Waals surface area contributed by atoms with Crippen molar-refractivity contribution in [2.24, 2.45) is 0 Å². The number of hydrogen-bond donors (Lipinski definition) is 4. The minimum Gasteiger partial charge on any atom is -0.506 e. The molecule has 0 atom stereocenters. The van der Waals surface area contributed by atoms with Gasteiger partial charge in [0, 0.05) is 32.3 Å². The Kier molecular flexibility index (Phi) is 12.8. The average Bonchev–Trinajstić information content (AvgIpc) is 2.49. The van der Waals surface area contributed by atoms with E-state index in [0.29, 0.717) is 11.3 Å². The Hall–Kier alpha value is -2.24. The molecule has 0 aromatic heterocycles. The molecule has 1 aliphatic heterocycles. The van der Waals surface area contributed by atoms with Crippen molar-refractivity contribution in [2.45, 2.75) is 34.1 Å². The molecule has 0 aromatic rings. The monoisotopic (exact) mass is 297 g/mol. The van der Waals surface area contributed by atoms with Crippen molar-refractivity contribution in [3.63, 3.8) is 0 Å². The number of likely N-dealkylation sites (N-methyl/N-ethyl adjacent to an activating group) is 1. The Labute approximate surface area is 127 Å². The molecular weight excluding hydrogens is 270 g/mol. The van der Waals surface area contributed by atoms with Crippen LogP contribution in [0.5, 0.6) is 0 Å². The van der Waals surface area contributed by atoms with E-state index in [1.165, 1.54) is 26.2 Å². The molecule has 0 saturated heterocycles. The maximum absolute atomic E-state index is 11.0. The molecule has 0 aliphatic carbocycles. The summed E-state index contributed by atoms with van der Waals surface area (Å²) >= 11 is 0. The average molecular weight is 297 g/mol. The zero-order chi connectivity index (χ0) is 16.8. The molecule has 6 nitrogen and oxygen atoms in total. The first-order chi connectivity index (χ1) is 9.92. The standard InChI is InChI=1S/C8H10N2O2.C5H11NO.C2H6/c1-5-3-6(8(12)9-2)10-4-7(5)11;1-3-4-6-5(2)7;1-2/h3-4,10-11H,1H2,2H3,(H,9,12);3-4H2,1-2H3,(H,6,7);1-2H3. The van der Waals surface area contributed by atoms with Crippen molar-refractivity contribution in [1.82, 2.24) is 16.0 Å². The maximum Gasteiger partial charge on any atom is 0.267 e. The van der Waals surface area contributed by atoms with E-state index in [1.807, 2.05) is 20.8 Å². The first-order valence-corrected chi connectivity index (χ1v) is 6.95. The molecular formula is C15H27N3O3. The van der Waals surface area contributed by atoms with Crippen LogP contribution in [0.25, 0.3) is 0 Å². The number of hydrogen-bond acceptors (Lipinski definition) is 4. The number of dihydropyridines is 1. The smallest absolute Gasteiger partial charge is 0.267 e. The molecule has 1 heterocycles. The second kappa shape index (κ2) is 12.8. The van der Waals surface area contributed by atoms with Gasteiger partial charge in [-0.15, -0.1) is 0 Å². The number of aliphatic hydroxyl groups excluding tert-OH is 1. The molecule has 0 saturated carbocycles. The highest BCUT2D eigenvalue weighted by Crippen LogP contribution is 2.11. The fraction of sp³-hybridized carbons (Fsp3) is 0.467. The quantitative estimate of drug-likeness (QED) is 0.638. The Morgan fingerprint density at radius 2 is 1.95 bits per heavy atom. The van der Waals surface area contributed by atoms with E-state index in [0.717, 1.165) is 13.0 Å². The summed E-state index contributed by atoms with van der Waals surface area (Å²) in [6.45, 7) is 11.9. The van der Waals surface area contributed by atoms with Gasteiger partial charge in [-0.1, -0.05) is 27.4 Å². The predicted molar refractivity (Wildman–Crippen MR) is 85.5 cm³/mol. The summed E-state index contributed by atoms with van der Waals surface area (Å²) in [5, 5.41) is 16.8. The summed E-state index contributed by atoms with van der Waals surface area (Å²) in [6, 6.07) is 0. The minimum atomic E-state index is -0.236. The van der Waals surface area contributed by atoms with Crippen LogP contribution in [0.15, 0.2) is 35.9 Å². The SMILES string of the molecule is C=C1C=C(C(=O)NC)NC=C1O.CC.CCCNC(C)=O. The third-order valence-corrected chi connectivity index (χ3v) is 2.11. The second-order valence-corrected chi connectivity index (χ2v) is 3.82. The fourth-order valence-electron chi connectivity index (χ4n) is 1.10. The number of carbonyl (C=O) groups is 2. The van der Waals surface area contributed by atoms with Crippen LogP contribution in [0.2, 0.25) is 0 Å². The van der Waals surface area contributed by atoms with Gasteiger partial charge >= 0.3 is 0 Å². The van der Waals surface area contributed by atoms with E-state index in [2.05, 4.69) is 22.5 Å². The lowest BCUT2D eigenvalue weighted by atomic mass is 10.1. The van der Waals surface area contributed by atoms with Gasteiger partial charge in [0.1, 0.15) is 11.5 Å². The Morgan fingerprint density at radius 3 is 2.29 bits per heavy atom. The zero-order valence-electron chi connectivity index (χ0n) is 13.5. The zero-order valence-corrected chi connectivity index (χ0v) is 13.5. The summed E-state index contributed by atoms with van der Waals surface area (Å²) < 4.78 is 0. The topological polar surface area (TPSA) is 90.5 Å². The third-order valence-electron chi connectivity index (χ3n) is 2.11. The normalized spacial score (nSPS) is 12.1. The maximum atomic E-state index is 11.0. The van der Waals surface area contributed by atoms with Crippen LogP contribution in [0.4, 0.5) is 0 Å². The van der Waals surface area contributed by atoms with E-state index >= 15 is 0 Å². The van der Waals surface area contributed by atoms with E-state index in [9.17, 15) is 9.59 Å². The lowest BCUT2D eigenvalue weighted by Crippen LogP contribution is -2.28. The van der Waals surface area contributed by atoms with E-state index in [-0.39, 0.29) is 17.6 Å². The first-order valence-electron chi connectivity index (χ1n) is 6.95. The van der Waals surface area contributed by atoms with Gasteiger partial charge in [-0.25, -0.2) is 0 Å². The van der Waals surface area contributed by atoms with Gasteiger partial charge in [-0.05, 0) is 12.5 Å². The van der Waals surface area contributed by atoms with Crippen molar-refractivity contribution in [3.8, 4) is 0 Å². The van der Waals surface area contributed by atoms with Gasteiger partial charge in [0.15, 0.2) is 0 Å². The van der Waals surface area contributed by atoms with Gasteiger partial charge in [0.2, 0.25) is 5.91 Å². The van der Waals surface area contributed by atoms with E-state index in [1.54, 1.807) is 0 Å². The Bertz CT molecular complexity index is 412. The second-order valence-electron chi connectivity index (χ2n) is 3.82. The van der Waals surface area contributed by atoms with Gasteiger partial charge in [0.05, 0.1) is 0 Å². The van der Waals surface area contributed by atoms with Gasteiger partial charge in [0.25, 0.3) is 5.91 Å². The van der Waals surface area contributed by atoms with Crippen LogP contribution in [0.1, 0.15) is 34.1 Å². The predicted octanol–water partition coefficient (Wildman–Crippen LogP) is 1.73. The molecule has 1 rings (SSSR count). The van der Waals surface area contributed by atoms with Crippen molar-refractivity contribution in [1.29, 1.82) is 0 Å². The molecule has 6 heteroatoms. The summed E-state index contributed by atoms with van der Waals surface area (Å²) in [6.07, 6.45) is 3.82. The number of aliphatic hydroxyl groups is 1. The number of amides is 2. The van der Waals surface area contributed by atoms with Crippen LogP contribution in [0, 0.1) is 0 Å². The molecule has 0 bridgehead atoms. The molecule has 1 aliphatic rings. The number of allylic oxidation sites excluding steroid dienone is 1. The highest BCUT2D eigenvalue weighted by Gasteiger charge is 2.11. The van der Waals surface area contributed by atoms with Gasteiger partial charge < -0.3 is 21.1 Å². The molecule has 0 radical (unpaired) electrons. The minimum absolute atomic E-state index is 0.0441.